The van der Waals surface area contributed by atoms with Gasteiger partial charge in [0.1, 0.15) is 5.75 Å². The van der Waals surface area contributed by atoms with Gasteiger partial charge >= 0.3 is 0 Å². The molecule has 0 saturated carbocycles. The molecule has 1 aromatic carbocycles. The second-order valence-electron chi connectivity index (χ2n) is 5.78. The molecule has 0 aliphatic carbocycles. The summed E-state index contributed by atoms with van der Waals surface area (Å²) < 4.78 is 32.8. The highest BCUT2D eigenvalue weighted by Gasteiger charge is 2.22. The Kier molecular flexibility index (Phi) is 6.70. The predicted octanol–water partition coefficient (Wildman–Crippen LogP) is 1.77. The fourth-order valence-corrected chi connectivity index (χ4v) is 3.59. The maximum absolute atomic E-state index is 12.5. The third-order valence-corrected chi connectivity index (χ3v) is 5.24. The van der Waals surface area contributed by atoms with Crippen molar-refractivity contribution in [3.05, 3.63) is 53.9 Å². The van der Waals surface area contributed by atoms with Crippen molar-refractivity contribution in [2.24, 2.45) is 0 Å². The Morgan fingerprint density at radius 2 is 1.92 bits per heavy atom. The van der Waals surface area contributed by atoms with E-state index in [0.717, 1.165) is 5.56 Å². The first-order valence-electron chi connectivity index (χ1n) is 8.26. The summed E-state index contributed by atoms with van der Waals surface area (Å²) in [5, 5.41) is 2.70. The predicted molar refractivity (Wildman–Crippen MR) is 98.2 cm³/mol. The van der Waals surface area contributed by atoms with Crippen molar-refractivity contribution in [2.45, 2.75) is 38.3 Å². The molecule has 7 nitrogen and oxygen atoms in total. The van der Waals surface area contributed by atoms with Crippen LogP contribution < -0.4 is 14.8 Å². The number of nitrogens with zero attached hydrogens (tertiary/aromatic N) is 1. The molecule has 0 aliphatic heterocycles. The molecule has 1 atom stereocenters. The van der Waals surface area contributed by atoms with Gasteiger partial charge in [0.25, 0.3) is 0 Å². The molecule has 2 N–H and O–H groups in total. The van der Waals surface area contributed by atoms with Crippen molar-refractivity contribution in [1.29, 1.82) is 0 Å². The molecule has 140 valence electrons. The maximum Gasteiger partial charge on any atom is 0.241 e. The molecule has 0 bridgehead atoms. The number of benzene rings is 1. The summed E-state index contributed by atoms with van der Waals surface area (Å²) in [6.45, 7) is 5.93. The van der Waals surface area contributed by atoms with E-state index < -0.39 is 22.0 Å². The topological polar surface area (TPSA) is 97.4 Å². The summed E-state index contributed by atoms with van der Waals surface area (Å²) in [7, 11) is -3.82. The van der Waals surface area contributed by atoms with Crippen LogP contribution in [0.15, 0.2) is 47.6 Å². The highest BCUT2D eigenvalue weighted by molar-refractivity contribution is 7.89. The summed E-state index contributed by atoms with van der Waals surface area (Å²) in [5.74, 6) is 0.225. The van der Waals surface area contributed by atoms with E-state index in [4.69, 9.17) is 4.74 Å². The number of ether oxygens (including phenoxy) is 1. The fraction of sp³-hybridized carbons (Fsp3) is 0.333. The van der Waals surface area contributed by atoms with Crippen LogP contribution >= 0.6 is 0 Å². The monoisotopic (exact) mass is 377 g/mol. The molecule has 0 aliphatic rings. The third kappa shape index (κ3) is 5.27. The van der Waals surface area contributed by atoms with Gasteiger partial charge in [-0.15, -0.1) is 0 Å². The Bertz CT molecular complexity index is 854. The minimum atomic E-state index is -3.82. The second kappa shape index (κ2) is 8.77. The van der Waals surface area contributed by atoms with Crippen molar-refractivity contribution in [1.82, 2.24) is 15.0 Å². The number of aromatic nitrogens is 1. The normalized spacial score (nSPS) is 12.4. The van der Waals surface area contributed by atoms with Crippen molar-refractivity contribution >= 4 is 15.9 Å². The van der Waals surface area contributed by atoms with E-state index in [-0.39, 0.29) is 4.90 Å². The molecule has 26 heavy (non-hydrogen) atoms. The molecule has 0 spiro atoms. The van der Waals surface area contributed by atoms with Crippen LogP contribution in [0, 0.1) is 6.92 Å². The molecule has 0 radical (unpaired) electrons. The Morgan fingerprint density at radius 1 is 1.23 bits per heavy atom. The van der Waals surface area contributed by atoms with Gasteiger partial charge in [-0.2, -0.15) is 4.72 Å². The largest absolute Gasteiger partial charge is 0.494 e. The van der Waals surface area contributed by atoms with E-state index in [9.17, 15) is 13.2 Å². The lowest BCUT2D eigenvalue weighted by atomic mass is 10.2. The van der Waals surface area contributed by atoms with Crippen LogP contribution in [0.3, 0.4) is 0 Å². The summed E-state index contributed by atoms with van der Waals surface area (Å²) in [5.41, 5.74) is 1.59. The molecule has 1 heterocycles. The van der Waals surface area contributed by atoms with Crippen molar-refractivity contribution in [2.75, 3.05) is 6.61 Å². The van der Waals surface area contributed by atoms with Gasteiger partial charge in [-0.05, 0) is 62.2 Å². The number of hydrogen-bond donors (Lipinski definition) is 2. The van der Waals surface area contributed by atoms with E-state index in [0.29, 0.717) is 24.5 Å². The summed E-state index contributed by atoms with van der Waals surface area (Å²) in [6, 6.07) is 7.24. The highest BCUT2D eigenvalue weighted by Crippen LogP contribution is 2.21. The number of carbonyl (C=O) groups excluding carboxylic acids is 1. The van der Waals surface area contributed by atoms with Crippen LogP contribution in [0.5, 0.6) is 5.75 Å². The van der Waals surface area contributed by atoms with E-state index in [1.807, 2.05) is 6.92 Å². The van der Waals surface area contributed by atoms with Crippen LogP contribution in [-0.2, 0) is 21.4 Å². The Labute approximate surface area is 153 Å². The molecular formula is C18H23N3O4S. The lowest BCUT2D eigenvalue weighted by molar-refractivity contribution is -0.122. The lowest BCUT2D eigenvalue weighted by Gasteiger charge is -2.15. The number of carbonyl (C=O) groups is 1. The van der Waals surface area contributed by atoms with Crippen LogP contribution in [0.1, 0.15) is 25.0 Å². The van der Waals surface area contributed by atoms with E-state index in [2.05, 4.69) is 15.0 Å². The molecule has 1 amide bonds. The minimum Gasteiger partial charge on any atom is -0.494 e. The number of sulfonamides is 1. The van der Waals surface area contributed by atoms with Gasteiger partial charge in [0.2, 0.25) is 15.9 Å². The summed E-state index contributed by atoms with van der Waals surface area (Å²) >= 11 is 0. The first-order chi connectivity index (χ1) is 12.3. The zero-order valence-corrected chi connectivity index (χ0v) is 15.8. The zero-order chi connectivity index (χ0) is 19.2. The fourth-order valence-electron chi connectivity index (χ4n) is 2.30. The van der Waals surface area contributed by atoms with Crippen molar-refractivity contribution in [3.8, 4) is 5.75 Å². The quantitative estimate of drug-likeness (QED) is 0.731. The van der Waals surface area contributed by atoms with Crippen molar-refractivity contribution in [3.63, 3.8) is 0 Å². The van der Waals surface area contributed by atoms with Gasteiger partial charge in [0.05, 0.1) is 17.5 Å². The summed E-state index contributed by atoms with van der Waals surface area (Å²) in [4.78, 5) is 16.1. The van der Waals surface area contributed by atoms with Gasteiger partial charge < -0.3 is 10.1 Å². The van der Waals surface area contributed by atoms with Crippen LogP contribution in [-0.4, -0.2) is 32.0 Å². The van der Waals surface area contributed by atoms with E-state index in [1.165, 1.54) is 19.1 Å². The lowest BCUT2D eigenvalue weighted by Crippen LogP contribution is -2.44. The first-order valence-corrected chi connectivity index (χ1v) is 9.74. The Balaban J connectivity index is 2.01. The molecule has 2 rings (SSSR count). The standard InChI is InChI=1S/C18H23N3O4S/c1-4-25-17-6-5-16(11-13(17)2)26(23,24)21-14(3)18(22)20-12-15-7-9-19-10-8-15/h5-11,14,21H,4,12H2,1-3H3,(H,20,22)/t14-/m0/s1. The van der Waals surface area contributed by atoms with Crippen LogP contribution in [0.2, 0.25) is 0 Å². The van der Waals surface area contributed by atoms with Gasteiger partial charge in [-0.25, -0.2) is 8.42 Å². The minimum absolute atomic E-state index is 0.0900. The number of rotatable bonds is 8. The number of aryl methyl sites for hydroxylation is 1. The Morgan fingerprint density at radius 3 is 2.54 bits per heavy atom. The molecule has 8 heteroatoms. The molecular weight excluding hydrogens is 354 g/mol. The SMILES string of the molecule is CCOc1ccc(S(=O)(=O)N[C@@H](C)C(=O)NCc2ccncc2)cc1C. The molecule has 1 aromatic heterocycles. The average Bonchev–Trinajstić information content (AvgIpc) is 2.62. The molecule has 0 fully saturated rings. The number of hydrogen-bond acceptors (Lipinski definition) is 5. The molecule has 2 aromatic rings. The number of amides is 1. The number of nitrogens with one attached hydrogen (secondary N) is 2. The van der Waals surface area contributed by atoms with Gasteiger partial charge in [0.15, 0.2) is 0 Å². The average molecular weight is 377 g/mol. The van der Waals surface area contributed by atoms with E-state index >= 15 is 0 Å². The van der Waals surface area contributed by atoms with Crippen LogP contribution in [0.25, 0.3) is 0 Å². The second-order valence-corrected chi connectivity index (χ2v) is 7.49. The van der Waals surface area contributed by atoms with Crippen molar-refractivity contribution < 1.29 is 17.9 Å². The van der Waals surface area contributed by atoms with Gasteiger partial charge in [-0.1, -0.05) is 0 Å². The summed E-state index contributed by atoms with van der Waals surface area (Å²) in [6.07, 6.45) is 3.25. The van der Waals surface area contributed by atoms with Gasteiger partial charge in [0, 0.05) is 18.9 Å². The molecule has 0 unspecified atom stereocenters. The van der Waals surface area contributed by atoms with Crippen LogP contribution in [0.4, 0.5) is 0 Å². The number of pyridine rings is 1. The molecule has 0 saturated heterocycles. The zero-order valence-electron chi connectivity index (χ0n) is 15.0. The van der Waals surface area contributed by atoms with E-state index in [1.54, 1.807) is 37.5 Å². The maximum atomic E-state index is 12.5. The Hall–Kier alpha value is -2.45. The smallest absolute Gasteiger partial charge is 0.241 e. The van der Waals surface area contributed by atoms with Gasteiger partial charge in [-0.3, -0.25) is 9.78 Å². The third-order valence-electron chi connectivity index (χ3n) is 3.70. The first kappa shape index (κ1) is 19.9. The highest BCUT2D eigenvalue weighted by atomic mass is 32.2.